The topological polar surface area (TPSA) is 81.4 Å². The smallest absolute Gasteiger partial charge is 0.343 e. The normalized spacial score (nSPS) is 18.6. The molecule has 0 aliphatic carbocycles. The van der Waals surface area contributed by atoms with Crippen LogP contribution >= 0.6 is 0 Å². The number of cyclic esters (lactones) is 1. The molecule has 1 atom stereocenters. The van der Waals surface area contributed by atoms with Crippen molar-refractivity contribution in [1.82, 2.24) is 9.55 Å². The third-order valence-electron chi connectivity index (χ3n) is 6.74. The molecule has 174 valence electrons. The molecule has 7 heteroatoms. The summed E-state index contributed by atoms with van der Waals surface area (Å²) in [6, 6.07) is 7.85. The summed E-state index contributed by atoms with van der Waals surface area (Å²) in [6.07, 6.45) is 0.913. The molecule has 0 amide bonds. The van der Waals surface area contributed by atoms with Gasteiger partial charge in [0.15, 0.2) is 5.60 Å². The number of esters is 1. The average Bonchev–Trinajstić information content (AvgIpc) is 3.17. The van der Waals surface area contributed by atoms with Crippen molar-refractivity contribution in [2.24, 2.45) is 0 Å². The lowest BCUT2D eigenvalue weighted by molar-refractivity contribution is -0.172. The number of ether oxygens (including phenoxy) is 1. The third kappa shape index (κ3) is 3.32. The maximum absolute atomic E-state index is 13.4. The van der Waals surface area contributed by atoms with Gasteiger partial charge in [-0.15, -0.1) is 5.54 Å². The summed E-state index contributed by atoms with van der Waals surface area (Å²) in [5, 5.41) is 12.1. The first-order valence-corrected chi connectivity index (χ1v) is 15.2. The first-order chi connectivity index (χ1) is 16.1. The third-order valence-corrected chi connectivity index (χ3v) is 7.62. The van der Waals surface area contributed by atoms with Crippen LogP contribution in [0.3, 0.4) is 0 Å². The molecule has 0 saturated heterocycles. The van der Waals surface area contributed by atoms with Gasteiger partial charge in [-0.1, -0.05) is 39.4 Å². The number of benzene rings is 1. The Hall–Kier alpha value is -3.21. The minimum atomic E-state index is -1.82. The summed E-state index contributed by atoms with van der Waals surface area (Å²) in [4.78, 5) is 30.8. The van der Waals surface area contributed by atoms with E-state index >= 15 is 0 Å². The monoisotopic (exact) mass is 472 g/mol. The van der Waals surface area contributed by atoms with Gasteiger partial charge in [0.2, 0.25) is 0 Å². The number of hydrogen-bond donors (Lipinski definition) is 1. The van der Waals surface area contributed by atoms with E-state index in [9.17, 15) is 14.7 Å². The average molecular weight is 473 g/mol. The highest BCUT2D eigenvalue weighted by atomic mass is 28.3. The Morgan fingerprint density at radius 1 is 1.18 bits per heavy atom. The van der Waals surface area contributed by atoms with Crippen LogP contribution in [0.5, 0.6) is 0 Å². The highest BCUT2D eigenvalue weighted by molar-refractivity contribution is 6.83. The molecule has 0 unspecified atom stereocenters. The van der Waals surface area contributed by atoms with Crippen molar-refractivity contribution < 1.29 is 14.6 Å². The van der Waals surface area contributed by atoms with Crippen LogP contribution in [0.2, 0.25) is 19.6 Å². The van der Waals surface area contributed by atoms with Crippen molar-refractivity contribution in [3.05, 3.63) is 62.4 Å². The Kier molecular flexibility index (Phi) is 5.08. The van der Waals surface area contributed by atoms with Gasteiger partial charge in [0.25, 0.3) is 5.56 Å². The second-order valence-corrected chi connectivity index (χ2v) is 14.9. The van der Waals surface area contributed by atoms with Crippen LogP contribution in [0.15, 0.2) is 29.1 Å². The zero-order valence-corrected chi connectivity index (χ0v) is 21.2. The molecule has 2 aromatic heterocycles. The van der Waals surface area contributed by atoms with Crippen LogP contribution in [-0.2, 0) is 34.7 Å². The van der Waals surface area contributed by atoms with E-state index in [1.54, 1.807) is 17.6 Å². The van der Waals surface area contributed by atoms with Crippen LogP contribution in [0.1, 0.15) is 48.1 Å². The predicted molar refractivity (Wildman–Crippen MR) is 134 cm³/mol. The zero-order valence-electron chi connectivity index (χ0n) is 20.2. The second kappa shape index (κ2) is 7.65. The van der Waals surface area contributed by atoms with E-state index in [0.717, 1.165) is 39.7 Å². The Balaban J connectivity index is 1.74. The van der Waals surface area contributed by atoms with Gasteiger partial charge in [-0.3, -0.25) is 4.79 Å². The van der Waals surface area contributed by atoms with E-state index in [1.807, 2.05) is 12.1 Å². The van der Waals surface area contributed by atoms with Gasteiger partial charge in [-0.05, 0) is 42.7 Å². The van der Waals surface area contributed by atoms with Crippen molar-refractivity contribution in [2.75, 3.05) is 0 Å². The number of fused-ring (bicyclic) bond motifs is 5. The SMILES string of the molecule is CCc1c2c(nc3ccc(C#C[Si](C)(C)C)cc13)-c1cc3c(c(=O)n1C2)COC(=O)[C@]3(O)CC. The minimum absolute atomic E-state index is 0.124. The molecule has 2 aliphatic rings. The second-order valence-electron chi connectivity index (χ2n) is 10.1. The molecule has 0 saturated carbocycles. The van der Waals surface area contributed by atoms with E-state index in [0.29, 0.717) is 23.4 Å². The summed E-state index contributed by atoms with van der Waals surface area (Å²) in [6.45, 7) is 10.8. The molecule has 0 fully saturated rings. The molecule has 1 aromatic carbocycles. The lowest BCUT2D eigenvalue weighted by Gasteiger charge is -2.31. The Labute approximate surface area is 199 Å². The van der Waals surface area contributed by atoms with Gasteiger partial charge in [0.05, 0.1) is 29.0 Å². The van der Waals surface area contributed by atoms with Crippen LogP contribution in [0, 0.1) is 11.5 Å². The van der Waals surface area contributed by atoms with E-state index in [1.165, 1.54) is 0 Å². The number of aliphatic hydroxyl groups is 1. The number of nitrogens with zero attached hydrogens (tertiary/aromatic N) is 2. The fourth-order valence-electron chi connectivity index (χ4n) is 4.90. The van der Waals surface area contributed by atoms with Crippen molar-refractivity contribution >= 4 is 24.9 Å². The van der Waals surface area contributed by atoms with Crippen LogP contribution in [0.25, 0.3) is 22.3 Å². The van der Waals surface area contributed by atoms with Crippen LogP contribution in [0.4, 0.5) is 0 Å². The summed E-state index contributed by atoms with van der Waals surface area (Å²) in [5.41, 5.74) is 7.40. The molecule has 4 heterocycles. The van der Waals surface area contributed by atoms with Crippen molar-refractivity contribution in [3.63, 3.8) is 0 Å². The first-order valence-electron chi connectivity index (χ1n) is 11.7. The Bertz CT molecular complexity index is 1500. The molecule has 3 aromatic rings. The van der Waals surface area contributed by atoms with Gasteiger partial charge in [-0.2, -0.15) is 0 Å². The van der Waals surface area contributed by atoms with Gasteiger partial charge in [-0.25, -0.2) is 9.78 Å². The predicted octanol–water partition coefficient (Wildman–Crippen LogP) is 3.87. The summed E-state index contributed by atoms with van der Waals surface area (Å²) < 4.78 is 6.86. The maximum atomic E-state index is 13.4. The van der Waals surface area contributed by atoms with Gasteiger partial charge in [0.1, 0.15) is 14.7 Å². The quantitative estimate of drug-likeness (QED) is 0.272. The molecular formula is C27H28N2O4Si. The van der Waals surface area contributed by atoms with E-state index in [4.69, 9.17) is 9.72 Å². The van der Waals surface area contributed by atoms with Crippen molar-refractivity contribution in [2.45, 2.75) is 65.1 Å². The van der Waals surface area contributed by atoms with E-state index < -0.39 is 19.6 Å². The van der Waals surface area contributed by atoms with Crippen molar-refractivity contribution in [3.8, 4) is 22.9 Å². The van der Waals surface area contributed by atoms with Crippen molar-refractivity contribution in [1.29, 1.82) is 0 Å². The first kappa shape index (κ1) is 22.6. The fraction of sp³-hybridized carbons (Fsp3) is 0.370. The lowest BCUT2D eigenvalue weighted by Crippen LogP contribution is -2.44. The summed E-state index contributed by atoms with van der Waals surface area (Å²) >= 11 is 0. The largest absolute Gasteiger partial charge is 0.458 e. The number of aromatic nitrogens is 2. The molecule has 0 bridgehead atoms. The van der Waals surface area contributed by atoms with Crippen LogP contribution in [-0.4, -0.2) is 28.7 Å². The highest BCUT2D eigenvalue weighted by Gasteiger charge is 2.45. The van der Waals surface area contributed by atoms with Crippen LogP contribution < -0.4 is 5.56 Å². The standard InChI is InChI=1S/C27H28N2O4Si/c1-6-17-18-12-16(10-11-34(3,4)5)8-9-22(18)28-24-19(17)14-29-23(24)13-21-20(25(29)30)15-33-26(31)27(21,32)7-2/h8-9,12-13,32H,6-7,14-15H2,1-5H3/t27-/m0/s1. The number of aryl methyl sites for hydroxylation is 1. The zero-order chi connectivity index (χ0) is 24.4. The van der Waals surface area contributed by atoms with Gasteiger partial charge in [0, 0.05) is 22.1 Å². The number of carbonyl (C=O) groups excluding carboxylic acids is 1. The summed E-state index contributed by atoms with van der Waals surface area (Å²) in [5.74, 6) is 2.62. The molecule has 1 N–H and O–H groups in total. The van der Waals surface area contributed by atoms with Gasteiger partial charge < -0.3 is 14.4 Å². The molecule has 0 radical (unpaired) electrons. The Morgan fingerprint density at radius 3 is 2.62 bits per heavy atom. The van der Waals surface area contributed by atoms with E-state index in [2.05, 4.69) is 44.1 Å². The molecule has 5 rings (SSSR count). The summed E-state index contributed by atoms with van der Waals surface area (Å²) in [7, 11) is -1.50. The molecule has 0 spiro atoms. The number of hydrogen-bond acceptors (Lipinski definition) is 5. The number of pyridine rings is 2. The highest BCUT2D eigenvalue weighted by Crippen LogP contribution is 2.40. The number of carbonyl (C=O) groups is 1. The molecule has 34 heavy (non-hydrogen) atoms. The maximum Gasteiger partial charge on any atom is 0.343 e. The number of rotatable bonds is 2. The molecule has 6 nitrogen and oxygen atoms in total. The Morgan fingerprint density at radius 2 is 1.94 bits per heavy atom. The lowest BCUT2D eigenvalue weighted by atomic mass is 9.86. The fourth-order valence-corrected chi connectivity index (χ4v) is 5.42. The molecule has 2 aliphatic heterocycles. The minimum Gasteiger partial charge on any atom is -0.458 e. The molecular weight excluding hydrogens is 444 g/mol. The van der Waals surface area contributed by atoms with Gasteiger partial charge >= 0.3 is 5.97 Å². The van der Waals surface area contributed by atoms with E-state index in [-0.39, 0.29) is 18.6 Å².